The average Bonchev–Trinajstić information content (AvgIpc) is 3.03. The molecule has 15 N–H and O–H groups in total. The van der Waals surface area contributed by atoms with E-state index in [9.17, 15) is 0 Å². The molecule has 0 bridgehead atoms. The lowest BCUT2D eigenvalue weighted by Crippen LogP contribution is -2.67. The molecule has 1 rings (SSSR count). The van der Waals surface area contributed by atoms with E-state index in [1.807, 2.05) is 0 Å². The Labute approximate surface area is 310 Å². The van der Waals surface area contributed by atoms with Gasteiger partial charge in [-0.2, -0.15) is 0 Å². The van der Waals surface area contributed by atoms with Crippen LogP contribution in [0.15, 0.2) is 0 Å². The Morgan fingerprint density at radius 2 is 0.460 bits per heavy atom. The molecule has 0 aromatic heterocycles. The van der Waals surface area contributed by atoms with Crippen LogP contribution in [0, 0.1) is 0 Å². The molecule has 1 heterocycles. The first-order valence-corrected chi connectivity index (χ1v) is 32.0. The van der Waals surface area contributed by atoms with Crippen LogP contribution in [0.25, 0.3) is 0 Å². The standard InChI is InChI=1S/C30H80N10O5Si5/c1-46(26-6-16-36-21-11-31)41-47(2,27-7-17-37-22-12-32)43-49(4,29-9-19-39-24-14-34)45-50(5,30-10-20-40-25-15-35)44-48(3,42-46)28-8-18-38-23-13-33/h36-40H,6-35H2,1-5H3. The van der Waals surface area contributed by atoms with Crippen molar-refractivity contribution in [3.63, 3.8) is 0 Å². The minimum atomic E-state index is -2.82. The molecule has 1 fully saturated rings. The van der Waals surface area contributed by atoms with Gasteiger partial charge in [0.05, 0.1) is 0 Å². The Balaban J connectivity index is 3.62. The van der Waals surface area contributed by atoms with Gasteiger partial charge in [0, 0.05) is 65.4 Å². The molecule has 0 unspecified atom stereocenters. The second-order valence-electron chi connectivity index (χ2n) is 14.4. The zero-order valence-corrected chi connectivity index (χ0v) is 37.6. The van der Waals surface area contributed by atoms with Gasteiger partial charge in [0.25, 0.3) is 0 Å². The first-order valence-electron chi connectivity index (χ1n) is 19.4. The smallest absolute Gasteiger partial charge is 0.317 e. The van der Waals surface area contributed by atoms with Crippen molar-refractivity contribution in [2.45, 2.75) is 95.1 Å². The molecule has 0 atom stereocenters. The minimum Gasteiger partial charge on any atom is -0.416 e. The monoisotopic (exact) mass is 801 g/mol. The number of nitrogens with one attached hydrogen (secondary N) is 5. The van der Waals surface area contributed by atoms with Gasteiger partial charge < -0.3 is 75.8 Å². The van der Waals surface area contributed by atoms with Crippen LogP contribution in [0.4, 0.5) is 0 Å². The summed E-state index contributed by atoms with van der Waals surface area (Å²) < 4.78 is 37.3. The molecule has 0 spiro atoms. The van der Waals surface area contributed by atoms with E-state index in [0.29, 0.717) is 32.7 Å². The van der Waals surface area contributed by atoms with Crippen LogP contribution >= 0.6 is 0 Å². The van der Waals surface area contributed by atoms with Crippen molar-refractivity contribution < 1.29 is 20.6 Å². The van der Waals surface area contributed by atoms with Gasteiger partial charge in [-0.05, 0) is 128 Å². The first kappa shape index (κ1) is 48.5. The Morgan fingerprint density at radius 1 is 0.300 bits per heavy atom. The highest BCUT2D eigenvalue weighted by atomic mass is 28.5. The van der Waals surface area contributed by atoms with Gasteiger partial charge >= 0.3 is 42.8 Å². The quantitative estimate of drug-likeness (QED) is 0.0344. The van der Waals surface area contributed by atoms with Crippen molar-refractivity contribution >= 4 is 42.8 Å². The van der Waals surface area contributed by atoms with E-state index in [1.54, 1.807) is 0 Å². The van der Waals surface area contributed by atoms with Crippen LogP contribution in [0.1, 0.15) is 32.1 Å². The van der Waals surface area contributed by atoms with Gasteiger partial charge in [0.15, 0.2) is 0 Å². The van der Waals surface area contributed by atoms with Crippen LogP contribution in [-0.2, 0) is 20.6 Å². The normalized spacial score (nSPS) is 29.4. The van der Waals surface area contributed by atoms with Crippen LogP contribution < -0.4 is 55.3 Å². The van der Waals surface area contributed by atoms with Crippen molar-refractivity contribution in [1.29, 1.82) is 0 Å². The van der Waals surface area contributed by atoms with Gasteiger partial charge in [0.1, 0.15) is 0 Å². The number of hydrogen-bond acceptors (Lipinski definition) is 15. The van der Waals surface area contributed by atoms with Crippen molar-refractivity contribution in [3.05, 3.63) is 0 Å². The van der Waals surface area contributed by atoms with E-state index >= 15 is 0 Å². The number of rotatable bonds is 30. The van der Waals surface area contributed by atoms with E-state index in [2.05, 4.69) is 59.3 Å². The molecule has 1 aliphatic heterocycles. The van der Waals surface area contributed by atoms with Crippen molar-refractivity contribution in [2.75, 3.05) is 98.2 Å². The lowest BCUT2D eigenvalue weighted by Gasteiger charge is -2.50. The predicted molar refractivity (Wildman–Crippen MR) is 220 cm³/mol. The SMILES string of the molecule is C[Si]1(CCCNCCN)O[Si](C)(CCCNCCN)O[Si](C)(CCCNCCN)O[Si](C)(CCCNCCN)O[Si](C)(CCCNCCN)O1. The zero-order chi connectivity index (χ0) is 37.2. The fraction of sp³-hybridized carbons (Fsp3) is 1.00. The maximum absolute atomic E-state index is 7.46. The van der Waals surface area contributed by atoms with E-state index in [-0.39, 0.29) is 0 Å². The third-order valence-corrected chi connectivity index (χ3v) is 32.3. The molecule has 50 heavy (non-hydrogen) atoms. The van der Waals surface area contributed by atoms with Gasteiger partial charge in [-0.1, -0.05) is 0 Å². The summed E-state index contributed by atoms with van der Waals surface area (Å²) in [5.41, 5.74) is 28.9. The molecule has 15 nitrogen and oxygen atoms in total. The summed E-state index contributed by atoms with van der Waals surface area (Å²) in [5, 5.41) is 17.3. The fourth-order valence-corrected chi connectivity index (χ4v) is 35.9. The Morgan fingerprint density at radius 3 is 0.600 bits per heavy atom. The van der Waals surface area contributed by atoms with Crippen LogP contribution in [0.5, 0.6) is 0 Å². The molecule has 0 radical (unpaired) electrons. The molecule has 1 saturated heterocycles. The maximum atomic E-state index is 7.46. The summed E-state index contributed by atoms with van der Waals surface area (Å²) >= 11 is 0. The Bertz CT molecular complexity index is 691. The second-order valence-corrected chi connectivity index (χ2v) is 32.3. The minimum absolute atomic E-state index is 0.617. The molecule has 0 aliphatic carbocycles. The summed E-state index contributed by atoms with van der Waals surface area (Å²) in [4.78, 5) is 0. The van der Waals surface area contributed by atoms with Gasteiger partial charge in [-0.15, -0.1) is 0 Å². The van der Waals surface area contributed by atoms with Crippen LogP contribution in [0.2, 0.25) is 63.0 Å². The Hall–Kier alpha value is 0.484. The Kier molecular flexibility index (Phi) is 26.3. The number of hydrogen-bond donors (Lipinski definition) is 10. The highest BCUT2D eigenvalue weighted by molar-refractivity contribution is 6.94. The molecule has 300 valence electrons. The van der Waals surface area contributed by atoms with Crippen molar-refractivity contribution in [2.24, 2.45) is 28.7 Å². The van der Waals surface area contributed by atoms with E-state index in [1.165, 1.54) is 0 Å². The third-order valence-electron chi connectivity index (χ3n) is 8.69. The lowest BCUT2D eigenvalue weighted by molar-refractivity contribution is 0.221. The topological polar surface area (TPSA) is 236 Å². The largest absolute Gasteiger partial charge is 0.416 e. The number of nitrogens with two attached hydrogens (primary N) is 5. The van der Waals surface area contributed by atoms with E-state index in [4.69, 9.17) is 49.2 Å². The molecule has 0 aromatic rings. The molecule has 0 amide bonds. The summed E-state index contributed by atoms with van der Waals surface area (Å²) in [6, 6.07) is 4.25. The molecular weight excluding hydrogens is 721 g/mol. The summed E-state index contributed by atoms with van der Waals surface area (Å²) in [7, 11) is -14.1. The van der Waals surface area contributed by atoms with Crippen LogP contribution in [0.3, 0.4) is 0 Å². The molecular formula is C30H80N10O5Si5. The van der Waals surface area contributed by atoms with E-state index < -0.39 is 42.8 Å². The first-order chi connectivity index (χ1) is 23.8. The summed E-state index contributed by atoms with van der Waals surface area (Å²) in [6.07, 6.45) is 4.69. The maximum Gasteiger partial charge on any atom is 0.317 e. The highest BCUT2D eigenvalue weighted by Gasteiger charge is 2.56. The van der Waals surface area contributed by atoms with E-state index in [0.717, 1.165) is 128 Å². The third kappa shape index (κ3) is 22.0. The average molecular weight is 801 g/mol. The predicted octanol–water partition coefficient (Wildman–Crippen LogP) is 0.135. The summed E-state index contributed by atoms with van der Waals surface area (Å²) in [5.74, 6) is 0. The molecule has 20 heteroatoms. The molecule has 0 saturated carbocycles. The fourth-order valence-electron chi connectivity index (χ4n) is 6.71. The van der Waals surface area contributed by atoms with Gasteiger partial charge in [0.2, 0.25) is 0 Å². The lowest BCUT2D eigenvalue weighted by atomic mass is 10.5. The van der Waals surface area contributed by atoms with Crippen molar-refractivity contribution in [1.82, 2.24) is 26.6 Å². The van der Waals surface area contributed by atoms with Gasteiger partial charge in [-0.25, -0.2) is 0 Å². The van der Waals surface area contributed by atoms with Gasteiger partial charge in [-0.3, -0.25) is 0 Å². The molecule has 0 aromatic carbocycles. The summed E-state index contributed by atoms with van der Waals surface area (Å²) in [6.45, 7) is 22.7. The second kappa shape index (κ2) is 27.1. The highest BCUT2D eigenvalue weighted by Crippen LogP contribution is 2.39. The van der Waals surface area contributed by atoms with Crippen LogP contribution in [-0.4, -0.2) is 141 Å². The zero-order valence-electron chi connectivity index (χ0n) is 32.6. The molecule has 1 aliphatic rings. The van der Waals surface area contributed by atoms with Crippen molar-refractivity contribution in [3.8, 4) is 0 Å².